The molecule has 0 fully saturated rings. The molecule has 8 heteroatoms. The number of rotatable bonds is 1. The van der Waals surface area contributed by atoms with Crippen molar-refractivity contribution < 1.29 is 0 Å². The fourth-order valence-electron chi connectivity index (χ4n) is 1.60. The van der Waals surface area contributed by atoms with E-state index in [9.17, 15) is 0 Å². The van der Waals surface area contributed by atoms with Crippen LogP contribution in [0.25, 0.3) is 17.0 Å². The predicted molar refractivity (Wildman–Crippen MR) is 63.0 cm³/mol. The molecule has 0 saturated carbocycles. The molecule has 0 aliphatic heterocycles. The van der Waals surface area contributed by atoms with Crippen LogP contribution in [0.15, 0.2) is 12.7 Å². The van der Waals surface area contributed by atoms with Gasteiger partial charge in [0.25, 0.3) is 0 Å². The van der Waals surface area contributed by atoms with Gasteiger partial charge in [0.05, 0.1) is 12.0 Å². The Hall–Kier alpha value is -2.15. The summed E-state index contributed by atoms with van der Waals surface area (Å²) in [7, 11) is 0. The van der Waals surface area contributed by atoms with Gasteiger partial charge in [-0.3, -0.25) is 0 Å². The zero-order chi connectivity index (χ0) is 12.0. The number of aromatic nitrogens is 6. The van der Waals surface area contributed by atoms with Gasteiger partial charge in [-0.2, -0.15) is 9.78 Å². The summed E-state index contributed by atoms with van der Waals surface area (Å²) in [6.45, 7) is 1.78. The predicted octanol–water partition coefficient (Wildman–Crippen LogP) is 1.08. The molecule has 3 heterocycles. The van der Waals surface area contributed by atoms with E-state index in [1.807, 2.05) is 0 Å². The summed E-state index contributed by atoms with van der Waals surface area (Å²) in [5.41, 5.74) is 7.74. The average molecular weight is 250 g/mol. The van der Waals surface area contributed by atoms with E-state index in [1.54, 1.807) is 6.92 Å². The van der Waals surface area contributed by atoms with Crippen molar-refractivity contribution in [3.8, 4) is 5.82 Å². The Labute approximate surface area is 101 Å². The number of nitrogens with zero attached hydrogens (tertiary/aromatic N) is 5. The third kappa shape index (κ3) is 1.36. The molecular weight excluding hydrogens is 242 g/mol. The topological polar surface area (TPSA) is 98.3 Å². The Morgan fingerprint density at radius 2 is 2.18 bits per heavy atom. The second kappa shape index (κ2) is 3.42. The Balaban J connectivity index is 2.34. The standard InChI is InChI=1S/C9H8ClN7/c1-4-5(10)7(11)17(16-4)9-6-8(13-2-12-6)14-3-15-9/h2-3H,11H2,1H3,(H,12,13,14,15). The number of aryl methyl sites for hydroxylation is 1. The third-order valence-corrected chi connectivity index (χ3v) is 2.89. The van der Waals surface area contributed by atoms with Gasteiger partial charge >= 0.3 is 0 Å². The smallest absolute Gasteiger partial charge is 0.184 e. The molecule has 0 aromatic carbocycles. The lowest BCUT2D eigenvalue weighted by Crippen LogP contribution is -2.05. The van der Waals surface area contributed by atoms with Gasteiger partial charge in [-0.05, 0) is 6.92 Å². The monoisotopic (exact) mass is 249 g/mol. The zero-order valence-corrected chi connectivity index (χ0v) is 9.60. The molecule has 0 amide bonds. The zero-order valence-electron chi connectivity index (χ0n) is 8.85. The Morgan fingerprint density at radius 3 is 2.88 bits per heavy atom. The first kappa shape index (κ1) is 10.0. The number of nitrogens with two attached hydrogens (primary N) is 1. The van der Waals surface area contributed by atoms with Crippen molar-refractivity contribution >= 4 is 28.6 Å². The highest BCUT2D eigenvalue weighted by Gasteiger charge is 2.15. The molecule has 7 nitrogen and oxygen atoms in total. The normalized spacial score (nSPS) is 11.2. The summed E-state index contributed by atoms with van der Waals surface area (Å²) in [5.74, 6) is 0.874. The maximum absolute atomic E-state index is 6.00. The van der Waals surface area contributed by atoms with Crippen LogP contribution in [0.5, 0.6) is 0 Å². The molecule has 0 spiro atoms. The number of H-pyrrole nitrogens is 1. The van der Waals surface area contributed by atoms with Crippen LogP contribution in [0.1, 0.15) is 5.69 Å². The van der Waals surface area contributed by atoms with Gasteiger partial charge in [0.15, 0.2) is 11.5 Å². The maximum Gasteiger partial charge on any atom is 0.184 e. The summed E-state index contributed by atoms with van der Waals surface area (Å²) in [6, 6.07) is 0. The van der Waals surface area contributed by atoms with Crippen LogP contribution in [0.4, 0.5) is 5.82 Å². The lowest BCUT2D eigenvalue weighted by molar-refractivity contribution is 0.843. The van der Waals surface area contributed by atoms with E-state index in [0.29, 0.717) is 33.5 Å². The van der Waals surface area contributed by atoms with Crippen molar-refractivity contribution in [1.82, 2.24) is 29.7 Å². The van der Waals surface area contributed by atoms with Crippen LogP contribution in [-0.2, 0) is 0 Å². The number of nitrogen functional groups attached to an aromatic ring is 1. The molecule has 0 aliphatic rings. The summed E-state index contributed by atoms with van der Waals surface area (Å²) in [5, 5.41) is 4.66. The van der Waals surface area contributed by atoms with E-state index in [4.69, 9.17) is 17.3 Å². The number of hydrogen-bond acceptors (Lipinski definition) is 5. The number of hydrogen-bond donors (Lipinski definition) is 2. The van der Waals surface area contributed by atoms with E-state index >= 15 is 0 Å². The SMILES string of the molecule is Cc1nn(-c2ncnc3nc[nH]c23)c(N)c1Cl. The quantitative estimate of drug-likeness (QED) is 0.672. The van der Waals surface area contributed by atoms with Crippen molar-refractivity contribution in [2.75, 3.05) is 5.73 Å². The van der Waals surface area contributed by atoms with Crippen molar-refractivity contribution in [3.63, 3.8) is 0 Å². The van der Waals surface area contributed by atoms with E-state index < -0.39 is 0 Å². The average Bonchev–Trinajstić information content (AvgIpc) is 2.89. The Bertz CT molecular complexity index is 699. The molecule has 0 aliphatic carbocycles. The number of nitrogens with one attached hydrogen (secondary N) is 1. The first-order valence-electron chi connectivity index (χ1n) is 4.83. The highest BCUT2D eigenvalue weighted by molar-refractivity contribution is 6.33. The van der Waals surface area contributed by atoms with E-state index in [-0.39, 0.29) is 0 Å². The van der Waals surface area contributed by atoms with Crippen LogP contribution >= 0.6 is 11.6 Å². The number of halogens is 1. The largest absolute Gasteiger partial charge is 0.382 e. The van der Waals surface area contributed by atoms with Gasteiger partial charge in [-0.15, -0.1) is 0 Å². The summed E-state index contributed by atoms with van der Waals surface area (Å²) >= 11 is 6.00. The van der Waals surface area contributed by atoms with Crippen molar-refractivity contribution in [2.45, 2.75) is 6.92 Å². The van der Waals surface area contributed by atoms with Crippen LogP contribution in [0.2, 0.25) is 5.02 Å². The van der Waals surface area contributed by atoms with Crippen molar-refractivity contribution in [3.05, 3.63) is 23.4 Å². The summed E-state index contributed by atoms with van der Waals surface area (Å²) < 4.78 is 1.47. The molecule has 0 unspecified atom stereocenters. The Morgan fingerprint density at radius 1 is 1.35 bits per heavy atom. The molecule has 3 aromatic rings. The van der Waals surface area contributed by atoms with Gasteiger partial charge < -0.3 is 10.7 Å². The lowest BCUT2D eigenvalue weighted by atomic mass is 10.4. The van der Waals surface area contributed by atoms with Gasteiger partial charge in [0.1, 0.15) is 22.7 Å². The second-order valence-corrected chi connectivity index (χ2v) is 3.87. The van der Waals surface area contributed by atoms with Crippen molar-refractivity contribution in [1.29, 1.82) is 0 Å². The summed E-state index contributed by atoms with van der Waals surface area (Å²) in [4.78, 5) is 15.2. The summed E-state index contributed by atoms with van der Waals surface area (Å²) in [6.07, 6.45) is 2.94. The second-order valence-electron chi connectivity index (χ2n) is 3.49. The maximum atomic E-state index is 6.00. The van der Waals surface area contributed by atoms with Gasteiger partial charge in [0.2, 0.25) is 0 Å². The van der Waals surface area contributed by atoms with Gasteiger partial charge in [-0.1, -0.05) is 11.6 Å². The lowest BCUT2D eigenvalue weighted by Gasteiger charge is -2.02. The molecule has 0 radical (unpaired) electrons. The van der Waals surface area contributed by atoms with Crippen molar-refractivity contribution in [2.24, 2.45) is 0 Å². The van der Waals surface area contributed by atoms with Gasteiger partial charge in [0, 0.05) is 0 Å². The van der Waals surface area contributed by atoms with Crippen LogP contribution in [-0.4, -0.2) is 29.7 Å². The van der Waals surface area contributed by atoms with Gasteiger partial charge in [-0.25, -0.2) is 15.0 Å². The minimum Gasteiger partial charge on any atom is -0.382 e. The first-order valence-corrected chi connectivity index (χ1v) is 5.21. The van der Waals surface area contributed by atoms with Crippen LogP contribution in [0.3, 0.4) is 0 Å². The molecule has 0 bridgehead atoms. The number of aromatic amines is 1. The number of fused-ring (bicyclic) bond motifs is 1. The van der Waals surface area contributed by atoms with Crippen LogP contribution < -0.4 is 5.73 Å². The molecule has 86 valence electrons. The van der Waals surface area contributed by atoms with E-state index in [2.05, 4.69) is 25.0 Å². The fourth-order valence-corrected chi connectivity index (χ4v) is 1.72. The molecule has 0 saturated heterocycles. The number of anilines is 1. The molecule has 3 rings (SSSR count). The van der Waals surface area contributed by atoms with Crippen LogP contribution in [0, 0.1) is 6.92 Å². The molecule has 3 N–H and O–H groups in total. The first-order chi connectivity index (χ1) is 8.18. The third-order valence-electron chi connectivity index (χ3n) is 2.42. The minimum absolute atomic E-state index is 0.346. The van der Waals surface area contributed by atoms with E-state index in [0.717, 1.165) is 0 Å². The fraction of sp³-hybridized carbons (Fsp3) is 0.111. The molecular formula is C9H8ClN7. The molecule has 0 atom stereocenters. The van der Waals surface area contributed by atoms with E-state index in [1.165, 1.54) is 17.3 Å². The highest BCUT2D eigenvalue weighted by Crippen LogP contribution is 2.26. The number of imidazole rings is 1. The highest BCUT2D eigenvalue weighted by atomic mass is 35.5. The minimum atomic E-state index is 0.346. The Kier molecular flexibility index (Phi) is 2.02. The molecule has 17 heavy (non-hydrogen) atoms. The molecule has 3 aromatic heterocycles.